The van der Waals surface area contributed by atoms with E-state index >= 15 is 0 Å². The highest BCUT2D eigenvalue weighted by molar-refractivity contribution is 5.55. The predicted molar refractivity (Wildman–Crippen MR) is 98.6 cm³/mol. The number of nitrogens with one attached hydrogen (secondary N) is 1. The van der Waals surface area contributed by atoms with Gasteiger partial charge in [0, 0.05) is 23.6 Å². The molecule has 2 aromatic rings. The smallest absolute Gasteiger partial charge is 0.0425 e. The molecule has 0 radical (unpaired) electrons. The van der Waals surface area contributed by atoms with Gasteiger partial charge in [-0.05, 0) is 56.2 Å². The second kappa shape index (κ2) is 7.45. The summed E-state index contributed by atoms with van der Waals surface area (Å²) in [6.07, 6.45) is 10.1. The molecule has 0 aliphatic heterocycles. The lowest BCUT2D eigenvalue weighted by Gasteiger charge is -2.27. The van der Waals surface area contributed by atoms with Crippen molar-refractivity contribution in [2.75, 3.05) is 5.32 Å². The summed E-state index contributed by atoms with van der Waals surface area (Å²) in [4.78, 5) is 4.41. The molecule has 0 spiro atoms. The molecule has 1 aromatic carbocycles. The first-order valence-corrected chi connectivity index (χ1v) is 8.71. The highest BCUT2D eigenvalue weighted by Gasteiger charge is 2.17. The van der Waals surface area contributed by atoms with Crippen LogP contribution in [0.1, 0.15) is 49.4 Å². The molecule has 1 aliphatic rings. The molecule has 0 atom stereocenters. The van der Waals surface area contributed by atoms with Gasteiger partial charge in [0.25, 0.3) is 0 Å². The number of hydrogen-bond donors (Lipinski definition) is 1. The van der Waals surface area contributed by atoms with Gasteiger partial charge in [-0.25, -0.2) is 0 Å². The third-order valence-corrected chi connectivity index (χ3v) is 4.78. The number of rotatable bonds is 4. The zero-order chi connectivity index (χ0) is 16.1. The normalized spacial score (nSPS) is 17.8. The lowest BCUT2D eigenvalue weighted by Crippen LogP contribution is -2.24. The fourth-order valence-corrected chi connectivity index (χ4v) is 3.46. The van der Waals surface area contributed by atoms with Crippen molar-refractivity contribution in [3.63, 3.8) is 0 Å². The van der Waals surface area contributed by atoms with Crippen LogP contribution in [0.2, 0.25) is 0 Å². The number of nitrogens with zero attached hydrogens (tertiary/aromatic N) is 1. The molecule has 1 heterocycles. The summed E-state index contributed by atoms with van der Waals surface area (Å²) in [5.74, 6) is 0. The monoisotopic (exact) mass is 306 g/mol. The molecule has 1 fully saturated rings. The highest BCUT2D eigenvalue weighted by Crippen LogP contribution is 2.29. The van der Waals surface area contributed by atoms with Gasteiger partial charge in [-0.1, -0.05) is 48.9 Å². The Bertz CT molecular complexity index is 663. The van der Waals surface area contributed by atoms with Gasteiger partial charge in [0.2, 0.25) is 0 Å². The second-order valence-corrected chi connectivity index (χ2v) is 6.41. The molecule has 1 aromatic heterocycles. The Balaban J connectivity index is 1.62. The third-order valence-electron chi connectivity index (χ3n) is 4.78. The largest absolute Gasteiger partial charge is 0.382 e. The van der Waals surface area contributed by atoms with E-state index in [4.69, 9.17) is 0 Å². The van der Waals surface area contributed by atoms with Crippen LogP contribution in [0.4, 0.5) is 5.69 Å². The molecular weight excluding hydrogens is 280 g/mol. The average molecular weight is 306 g/mol. The number of allylic oxidation sites excluding steroid dienone is 1. The van der Waals surface area contributed by atoms with E-state index in [1.807, 2.05) is 6.20 Å². The topological polar surface area (TPSA) is 24.9 Å². The minimum atomic E-state index is 0.579. The summed E-state index contributed by atoms with van der Waals surface area (Å²) in [7, 11) is 0. The van der Waals surface area contributed by atoms with Crippen molar-refractivity contribution >= 4 is 11.8 Å². The maximum atomic E-state index is 4.41. The van der Waals surface area contributed by atoms with E-state index in [1.165, 1.54) is 42.5 Å². The van der Waals surface area contributed by atoms with Crippen LogP contribution in [0.15, 0.2) is 48.2 Å². The number of hydrogen-bond acceptors (Lipinski definition) is 2. The van der Waals surface area contributed by atoms with Crippen molar-refractivity contribution in [3.05, 3.63) is 65.0 Å². The zero-order valence-electron chi connectivity index (χ0n) is 14.2. The molecule has 1 N–H and O–H groups in total. The van der Waals surface area contributed by atoms with Crippen molar-refractivity contribution in [1.29, 1.82) is 0 Å². The molecule has 2 heteroatoms. The van der Waals surface area contributed by atoms with Crippen LogP contribution in [0.25, 0.3) is 6.08 Å². The van der Waals surface area contributed by atoms with Gasteiger partial charge in [-0.3, -0.25) is 4.98 Å². The molecule has 120 valence electrons. The van der Waals surface area contributed by atoms with E-state index in [2.05, 4.69) is 66.6 Å². The number of aryl methyl sites for hydroxylation is 1. The van der Waals surface area contributed by atoms with Gasteiger partial charge >= 0.3 is 0 Å². The van der Waals surface area contributed by atoms with Crippen molar-refractivity contribution < 1.29 is 0 Å². The fourth-order valence-electron chi connectivity index (χ4n) is 3.46. The second-order valence-electron chi connectivity index (χ2n) is 6.41. The van der Waals surface area contributed by atoms with Gasteiger partial charge < -0.3 is 5.32 Å². The molecular formula is C21H26N2. The molecule has 0 saturated heterocycles. The Labute approximate surface area is 139 Å². The average Bonchev–Trinajstić information content (AvgIpc) is 2.58. The van der Waals surface area contributed by atoms with Gasteiger partial charge in [0.15, 0.2) is 0 Å². The van der Waals surface area contributed by atoms with Crippen molar-refractivity contribution in [1.82, 2.24) is 4.98 Å². The first kappa shape index (κ1) is 15.8. The highest BCUT2D eigenvalue weighted by atomic mass is 14.9. The summed E-state index contributed by atoms with van der Waals surface area (Å²) in [5, 5.41) is 3.76. The third kappa shape index (κ3) is 4.01. The summed E-state index contributed by atoms with van der Waals surface area (Å²) in [5.41, 5.74) is 6.69. The van der Waals surface area contributed by atoms with Crippen LogP contribution in [-0.2, 0) is 6.42 Å². The predicted octanol–water partition coefficient (Wildman–Crippen LogP) is 5.39. The molecule has 0 bridgehead atoms. The van der Waals surface area contributed by atoms with Crippen molar-refractivity contribution in [3.8, 4) is 0 Å². The van der Waals surface area contributed by atoms with E-state index in [1.54, 1.807) is 5.57 Å². The van der Waals surface area contributed by atoms with Crippen LogP contribution in [-0.4, -0.2) is 11.0 Å². The fraction of sp³-hybridized carbons (Fsp3) is 0.381. The first-order chi connectivity index (χ1) is 11.3. The molecule has 1 aliphatic carbocycles. The Kier molecular flexibility index (Phi) is 5.12. The van der Waals surface area contributed by atoms with Gasteiger partial charge in [-0.15, -0.1) is 0 Å². The molecule has 1 saturated carbocycles. The summed E-state index contributed by atoms with van der Waals surface area (Å²) >= 11 is 0. The van der Waals surface area contributed by atoms with E-state index in [-0.39, 0.29) is 0 Å². The van der Waals surface area contributed by atoms with Crippen LogP contribution in [0.5, 0.6) is 0 Å². The SMILES string of the molecule is CCc1c(NC2CCC(=Cc3ccccc3)CC2)ccnc1C. The number of pyridine rings is 1. The quantitative estimate of drug-likeness (QED) is 0.819. The van der Waals surface area contributed by atoms with E-state index in [0.717, 1.165) is 12.1 Å². The first-order valence-electron chi connectivity index (χ1n) is 8.71. The van der Waals surface area contributed by atoms with Crippen LogP contribution in [0, 0.1) is 6.92 Å². The van der Waals surface area contributed by atoms with Crippen molar-refractivity contribution in [2.24, 2.45) is 0 Å². The molecule has 23 heavy (non-hydrogen) atoms. The van der Waals surface area contributed by atoms with Crippen LogP contribution < -0.4 is 5.32 Å². The molecule has 0 unspecified atom stereocenters. The Morgan fingerprint density at radius 3 is 2.57 bits per heavy atom. The number of benzene rings is 1. The standard InChI is InChI=1S/C21H26N2/c1-3-20-16(2)22-14-13-21(20)23-19-11-9-18(10-12-19)15-17-7-5-4-6-8-17/h4-8,13-15,19H,3,9-12H2,1-2H3,(H,22,23). The maximum Gasteiger partial charge on any atom is 0.0425 e. The van der Waals surface area contributed by atoms with Gasteiger partial charge in [0.1, 0.15) is 0 Å². The minimum Gasteiger partial charge on any atom is -0.382 e. The number of anilines is 1. The summed E-state index contributed by atoms with van der Waals surface area (Å²) in [6.45, 7) is 4.31. The Morgan fingerprint density at radius 1 is 1.13 bits per heavy atom. The van der Waals surface area contributed by atoms with E-state index in [9.17, 15) is 0 Å². The molecule has 2 nitrogen and oxygen atoms in total. The zero-order valence-corrected chi connectivity index (χ0v) is 14.2. The van der Waals surface area contributed by atoms with Crippen molar-refractivity contribution in [2.45, 2.75) is 52.0 Å². The van der Waals surface area contributed by atoms with Gasteiger partial charge in [0.05, 0.1) is 0 Å². The minimum absolute atomic E-state index is 0.579. The molecule has 0 amide bonds. The molecule has 3 rings (SSSR count). The number of aromatic nitrogens is 1. The van der Waals surface area contributed by atoms with Gasteiger partial charge in [-0.2, -0.15) is 0 Å². The summed E-state index contributed by atoms with van der Waals surface area (Å²) < 4.78 is 0. The van der Waals surface area contributed by atoms with E-state index in [0.29, 0.717) is 6.04 Å². The lowest BCUT2D eigenvalue weighted by molar-refractivity contribution is 0.542. The Hall–Kier alpha value is -2.09. The maximum absolute atomic E-state index is 4.41. The summed E-state index contributed by atoms with van der Waals surface area (Å²) in [6, 6.07) is 13.4. The lowest BCUT2D eigenvalue weighted by atomic mass is 9.89. The van der Waals surface area contributed by atoms with Crippen LogP contribution >= 0.6 is 0 Å². The van der Waals surface area contributed by atoms with Crippen LogP contribution in [0.3, 0.4) is 0 Å². The van der Waals surface area contributed by atoms with E-state index < -0.39 is 0 Å². The Morgan fingerprint density at radius 2 is 1.87 bits per heavy atom.